The molecule has 0 aliphatic carbocycles. The van der Waals surface area contributed by atoms with Crippen molar-refractivity contribution in [2.24, 2.45) is 0 Å². The average molecular weight is 327 g/mol. The molecule has 0 saturated carbocycles. The molecule has 21 heavy (non-hydrogen) atoms. The van der Waals surface area contributed by atoms with E-state index in [1.807, 2.05) is 13.0 Å². The molecule has 116 valence electrons. The molecule has 0 aromatic carbocycles. The zero-order valence-corrected chi connectivity index (χ0v) is 14.6. The van der Waals surface area contributed by atoms with Crippen LogP contribution in [0.4, 0.5) is 0 Å². The van der Waals surface area contributed by atoms with Gasteiger partial charge in [0.25, 0.3) is 0 Å². The Balaban J connectivity index is 1.91. The number of rotatable bonds is 7. The number of halogens is 1. The molecular formula is C16H23ClN2OS. The van der Waals surface area contributed by atoms with Crippen LogP contribution in [-0.2, 0) is 19.6 Å². The van der Waals surface area contributed by atoms with Crippen molar-refractivity contribution in [1.82, 2.24) is 10.2 Å². The van der Waals surface area contributed by atoms with Crippen LogP contribution in [0.25, 0.3) is 0 Å². The van der Waals surface area contributed by atoms with Gasteiger partial charge in [0.05, 0.1) is 10.9 Å². The molecule has 0 unspecified atom stereocenters. The zero-order valence-electron chi connectivity index (χ0n) is 13.1. The fraction of sp³-hybridized carbons (Fsp3) is 0.500. The van der Waals surface area contributed by atoms with Crippen LogP contribution in [0, 0.1) is 6.92 Å². The van der Waals surface area contributed by atoms with Gasteiger partial charge >= 0.3 is 0 Å². The van der Waals surface area contributed by atoms with E-state index in [1.54, 1.807) is 11.3 Å². The number of hydrogen-bond donors (Lipinski definition) is 1. The molecule has 2 aromatic heterocycles. The zero-order chi connectivity index (χ0) is 15.4. The largest absolute Gasteiger partial charge is 0.465 e. The summed E-state index contributed by atoms with van der Waals surface area (Å²) in [4.78, 5) is 3.51. The van der Waals surface area contributed by atoms with E-state index in [1.165, 1.54) is 10.4 Å². The van der Waals surface area contributed by atoms with Crippen LogP contribution in [0.1, 0.15) is 35.8 Å². The Morgan fingerprint density at radius 1 is 1.33 bits per heavy atom. The fourth-order valence-electron chi connectivity index (χ4n) is 2.18. The second kappa shape index (κ2) is 7.45. The second-order valence-electron chi connectivity index (χ2n) is 5.71. The first-order valence-electron chi connectivity index (χ1n) is 7.18. The van der Waals surface area contributed by atoms with E-state index in [4.69, 9.17) is 16.0 Å². The molecule has 5 heteroatoms. The highest BCUT2D eigenvalue weighted by atomic mass is 35.5. The Morgan fingerprint density at radius 2 is 2.10 bits per heavy atom. The summed E-state index contributed by atoms with van der Waals surface area (Å²) >= 11 is 7.59. The third kappa shape index (κ3) is 5.15. The summed E-state index contributed by atoms with van der Waals surface area (Å²) in [5.74, 6) is 2.02. The van der Waals surface area contributed by atoms with Crippen molar-refractivity contribution in [2.75, 3.05) is 7.05 Å². The molecule has 0 amide bonds. The number of aryl methyl sites for hydroxylation is 1. The molecule has 0 fully saturated rings. The summed E-state index contributed by atoms with van der Waals surface area (Å²) in [6.07, 6.45) is 0. The molecule has 2 aromatic rings. The molecule has 0 saturated heterocycles. The smallest absolute Gasteiger partial charge is 0.118 e. The van der Waals surface area contributed by atoms with Gasteiger partial charge in [-0.25, -0.2) is 0 Å². The molecule has 3 nitrogen and oxygen atoms in total. The van der Waals surface area contributed by atoms with Gasteiger partial charge in [0.1, 0.15) is 11.5 Å². The van der Waals surface area contributed by atoms with E-state index in [-0.39, 0.29) is 0 Å². The highest BCUT2D eigenvalue weighted by Crippen LogP contribution is 2.23. The van der Waals surface area contributed by atoms with Crippen molar-refractivity contribution in [3.05, 3.63) is 44.5 Å². The molecule has 0 aliphatic heterocycles. The SMILES string of the molecule is Cc1oc(CN(C)Cc2ccc(Cl)s2)cc1CNC(C)C. The summed E-state index contributed by atoms with van der Waals surface area (Å²) in [5, 5.41) is 3.43. The van der Waals surface area contributed by atoms with Gasteiger partial charge in [-0.15, -0.1) is 11.3 Å². The first-order chi connectivity index (χ1) is 9.94. The Labute approximate surface area is 135 Å². The van der Waals surface area contributed by atoms with Gasteiger partial charge in [-0.05, 0) is 32.2 Å². The quantitative estimate of drug-likeness (QED) is 0.815. The Morgan fingerprint density at radius 3 is 2.71 bits per heavy atom. The average Bonchev–Trinajstić information content (AvgIpc) is 2.93. The van der Waals surface area contributed by atoms with Crippen molar-refractivity contribution < 1.29 is 4.42 Å². The van der Waals surface area contributed by atoms with Crippen molar-refractivity contribution in [1.29, 1.82) is 0 Å². The third-order valence-electron chi connectivity index (χ3n) is 3.25. The first kappa shape index (κ1) is 16.6. The summed E-state index contributed by atoms with van der Waals surface area (Å²) in [6.45, 7) is 8.87. The molecule has 2 rings (SSSR count). The van der Waals surface area contributed by atoms with Crippen LogP contribution < -0.4 is 5.32 Å². The van der Waals surface area contributed by atoms with E-state index >= 15 is 0 Å². The fourth-order valence-corrected chi connectivity index (χ4v) is 3.35. The van der Waals surface area contributed by atoms with Crippen molar-refractivity contribution in [3.8, 4) is 0 Å². The molecule has 1 N–H and O–H groups in total. The predicted molar refractivity (Wildman–Crippen MR) is 89.9 cm³/mol. The van der Waals surface area contributed by atoms with E-state index in [2.05, 4.69) is 43.2 Å². The Hall–Kier alpha value is -0.810. The summed E-state index contributed by atoms with van der Waals surface area (Å²) < 4.78 is 6.70. The molecule has 0 atom stereocenters. The molecule has 0 radical (unpaired) electrons. The van der Waals surface area contributed by atoms with Gasteiger partial charge in [0, 0.05) is 29.6 Å². The third-order valence-corrected chi connectivity index (χ3v) is 4.47. The van der Waals surface area contributed by atoms with Gasteiger partial charge in [-0.3, -0.25) is 4.90 Å². The number of nitrogens with one attached hydrogen (secondary N) is 1. The van der Waals surface area contributed by atoms with Crippen LogP contribution in [0.5, 0.6) is 0 Å². The maximum absolute atomic E-state index is 5.96. The van der Waals surface area contributed by atoms with Gasteiger partial charge in [0.2, 0.25) is 0 Å². The topological polar surface area (TPSA) is 28.4 Å². The van der Waals surface area contributed by atoms with Gasteiger partial charge < -0.3 is 9.73 Å². The minimum Gasteiger partial charge on any atom is -0.465 e. The molecule has 0 bridgehead atoms. The molecular weight excluding hydrogens is 304 g/mol. The molecule has 0 aliphatic rings. The van der Waals surface area contributed by atoms with Gasteiger partial charge in [-0.1, -0.05) is 25.4 Å². The lowest BCUT2D eigenvalue weighted by atomic mass is 10.2. The Kier molecular flexibility index (Phi) is 5.88. The van der Waals surface area contributed by atoms with Gasteiger partial charge in [0.15, 0.2) is 0 Å². The van der Waals surface area contributed by atoms with Crippen molar-refractivity contribution in [3.63, 3.8) is 0 Å². The van der Waals surface area contributed by atoms with Crippen LogP contribution in [0.2, 0.25) is 4.34 Å². The van der Waals surface area contributed by atoms with Crippen molar-refractivity contribution >= 4 is 22.9 Å². The maximum Gasteiger partial charge on any atom is 0.118 e. The lowest BCUT2D eigenvalue weighted by Gasteiger charge is -2.13. The standard InChI is InChI=1S/C16H23ClN2OS/c1-11(2)18-8-13-7-14(20-12(13)3)9-19(4)10-15-5-6-16(17)21-15/h5-7,11,18H,8-10H2,1-4H3. The number of hydrogen-bond acceptors (Lipinski definition) is 4. The summed E-state index contributed by atoms with van der Waals surface area (Å²) in [7, 11) is 2.09. The van der Waals surface area contributed by atoms with Crippen LogP contribution >= 0.6 is 22.9 Å². The monoisotopic (exact) mass is 326 g/mol. The van der Waals surface area contributed by atoms with E-state index in [9.17, 15) is 0 Å². The highest BCUT2D eigenvalue weighted by molar-refractivity contribution is 7.16. The summed E-state index contributed by atoms with van der Waals surface area (Å²) in [6, 6.07) is 6.66. The predicted octanol–water partition coefficient (Wildman–Crippen LogP) is 4.43. The van der Waals surface area contributed by atoms with E-state index in [0.717, 1.165) is 35.5 Å². The van der Waals surface area contributed by atoms with Crippen LogP contribution in [0.3, 0.4) is 0 Å². The normalized spacial score (nSPS) is 11.8. The number of furan rings is 1. The van der Waals surface area contributed by atoms with Crippen LogP contribution in [0.15, 0.2) is 22.6 Å². The van der Waals surface area contributed by atoms with Crippen LogP contribution in [-0.4, -0.2) is 18.0 Å². The van der Waals surface area contributed by atoms with E-state index < -0.39 is 0 Å². The maximum atomic E-state index is 5.96. The molecule has 2 heterocycles. The minimum absolute atomic E-state index is 0.481. The molecule has 0 spiro atoms. The van der Waals surface area contributed by atoms with Gasteiger partial charge in [-0.2, -0.15) is 0 Å². The Bertz CT molecular complexity index is 577. The first-order valence-corrected chi connectivity index (χ1v) is 8.38. The minimum atomic E-state index is 0.481. The second-order valence-corrected chi connectivity index (χ2v) is 7.51. The lowest BCUT2D eigenvalue weighted by Crippen LogP contribution is -2.21. The summed E-state index contributed by atoms with van der Waals surface area (Å²) in [5.41, 5.74) is 1.24. The highest BCUT2D eigenvalue weighted by Gasteiger charge is 2.11. The van der Waals surface area contributed by atoms with E-state index in [0.29, 0.717) is 6.04 Å². The number of nitrogens with zero attached hydrogens (tertiary/aromatic N) is 1. The number of thiophene rings is 1. The van der Waals surface area contributed by atoms with Crippen molar-refractivity contribution in [2.45, 2.75) is 46.4 Å². The lowest BCUT2D eigenvalue weighted by molar-refractivity contribution is 0.287.